The summed E-state index contributed by atoms with van der Waals surface area (Å²) in [4.78, 5) is 4.16. The van der Waals surface area contributed by atoms with E-state index in [1.165, 1.54) is 0 Å². The van der Waals surface area contributed by atoms with Gasteiger partial charge in [-0.15, -0.1) is 0 Å². The second-order valence-electron chi connectivity index (χ2n) is 2.95. The third kappa shape index (κ3) is 2.38. The lowest BCUT2D eigenvalue weighted by molar-refractivity contribution is 1.15. The maximum atomic E-state index is 4.16. The summed E-state index contributed by atoms with van der Waals surface area (Å²) in [6.07, 6.45) is 1.79. The van der Waals surface area contributed by atoms with Gasteiger partial charge in [0.1, 0.15) is 0 Å². The number of anilines is 1. The lowest BCUT2D eigenvalue weighted by Gasteiger charge is -2.07. The van der Waals surface area contributed by atoms with Crippen LogP contribution in [0.4, 0.5) is 5.69 Å². The molecule has 0 aromatic carbocycles. The summed E-state index contributed by atoms with van der Waals surface area (Å²) in [5.41, 5.74) is 3.23. The van der Waals surface area contributed by atoms with Crippen LogP contribution in [0.25, 0.3) is 0 Å². The molecule has 1 aromatic rings. The molecule has 1 N–H and O–H groups in total. The van der Waals surface area contributed by atoms with Crippen LogP contribution < -0.4 is 5.32 Å². The zero-order chi connectivity index (χ0) is 8.97. The second-order valence-corrected chi connectivity index (χ2v) is 2.95. The largest absolute Gasteiger partial charge is 0.380 e. The first kappa shape index (κ1) is 8.78. The minimum atomic E-state index is 0.812. The fraction of sp³-hybridized carbons (Fsp3) is 0.300. The molecule has 0 aliphatic rings. The standard InChI is InChI=1S/C10H14N2/c1-8(2)7-12-10-5-4-6-11-9(10)3/h4-6,12H,1,7H2,2-3H3. The number of aryl methyl sites for hydroxylation is 1. The highest BCUT2D eigenvalue weighted by Gasteiger charge is 1.95. The smallest absolute Gasteiger partial charge is 0.0603 e. The molecule has 0 saturated heterocycles. The number of hydrogen-bond donors (Lipinski definition) is 1. The van der Waals surface area contributed by atoms with E-state index in [2.05, 4.69) is 16.9 Å². The third-order valence-electron chi connectivity index (χ3n) is 1.59. The van der Waals surface area contributed by atoms with Gasteiger partial charge in [0.05, 0.1) is 11.4 Å². The minimum absolute atomic E-state index is 0.812. The Hall–Kier alpha value is -1.31. The van der Waals surface area contributed by atoms with Gasteiger partial charge in [0.15, 0.2) is 0 Å². The van der Waals surface area contributed by atoms with Crippen molar-refractivity contribution in [3.63, 3.8) is 0 Å². The first-order valence-corrected chi connectivity index (χ1v) is 4.00. The molecule has 0 atom stereocenters. The van der Waals surface area contributed by atoms with Crippen molar-refractivity contribution in [3.05, 3.63) is 36.2 Å². The minimum Gasteiger partial charge on any atom is -0.380 e. The van der Waals surface area contributed by atoms with Crippen molar-refractivity contribution in [3.8, 4) is 0 Å². The van der Waals surface area contributed by atoms with E-state index in [-0.39, 0.29) is 0 Å². The molecule has 0 aliphatic heterocycles. The molecule has 1 aromatic heterocycles. The Morgan fingerprint density at radius 2 is 2.42 bits per heavy atom. The van der Waals surface area contributed by atoms with Crippen LogP contribution in [0.3, 0.4) is 0 Å². The molecular weight excluding hydrogens is 148 g/mol. The summed E-state index contributed by atoms with van der Waals surface area (Å²) in [7, 11) is 0. The van der Waals surface area contributed by atoms with Gasteiger partial charge in [0.2, 0.25) is 0 Å². The van der Waals surface area contributed by atoms with E-state index in [4.69, 9.17) is 0 Å². The van der Waals surface area contributed by atoms with Gasteiger partial charge >= 0.3 is 0 Å². The molecule has 2 nitrogen and oxygen atoms in total. The highest BCUT2D eigenvalue weighted by Crippen LogP contribution is 2.10. The van der Waals surface area contributed by atoms with Crippen molar-refractivity contribution >= 4 is 5.69 Å². The third-order valence-corrected chi connectivity index (χ3v) is 1.59. The molecule has 0 fully saturated rings. The first-order chi connectivity index (χ1) is 5.70. The van der Waals surface area contributed by atoms with E-state index >= 15 is 0 Å². The maximum Gasteiger partial charge on any atom is 0.0603 e. The van der Waals surface area contributed by atoms with Crippen LogP contribution in [0.2, 0.25) is 0 Å². The highest BCUT2D eigenvalue weighted by molar-refractivity contribution is 5.47. The van der Waals surface area contributed by atoms with Crippen molar-refractivity contribution in [1.29, 1.82) is 0 Å². The molecule has 0 unspecified atom stereocenters. The Kier molecular flexibility index (Phi) is 2.86. The van der Waals surface area contributed by atoms with E-state index < -0.39 is 0 Å². The lowest BCUT2D eigenvalue weighted by atomic mass is 10.3. The zero-order valence-electron chi connectivity index (χ0n) is 7.59. The molecule has 0 bridgehead atoms. The van der Waals surface area contributed by atoms with Crippen molar-refractivity contribution < 1.29 is 0 Å². The van der Waals surface area contributed by atoms with Gasteiger partial charge in [-0.25, -0.2) is 0 Å². The molecule has 0 radical (unpaired) electrons. The first-order valence-electron chi connectivity index (χ1n) is 4.00. The van der Waals surface area contributed by atoms with Gasteiger partial charge in [-0.2, -0.15) is 0 Å². The number of pyridine rings is 1. The summed E-state index contributed by atoms with van der Waals surface area (Å²) >= 11 is 0. The van der Waals surface area contributed by atoms with Gasteiger partial charge in [-0.3, -0.25) is 4.98 Å². The van der Waals surface area contributed by atoms with Gasteiger partial charge < -0.3 is 5.32 Å². The SMILES string of the molecule is C=C(C)CNc1cccnc1C. The van der Waals surface area contributed by atoms with Crippen molar-refractivity contribution in [1.82, 2.24) is 4.98 Å². The molecule has 0 spiro atoms. The molecule has 64 valence electrons. The molecule has 0 aliphatic carbocycles. The summed E-state index contributed by atoms with van der Waals surface area (Å²) in [6, 6.07) is 3.94. The number of hydrogen-bond acceptors (Lipinski definition) is 2. The fourth-order valence-corrected chi connectivity index (χ4v) is 0.917. The Bertz CT molecular complexity index is 279. The fourth-order valence-electron chi connectivity index (χ4n) is 0.917. The molecule has 2 heteroatoms. The lowest BCUT2D eigenvalue weighted by Crippen LogP contribution is -2.03. The average Bonchev–Trinajstić information content (AvgIpc) is 2.03. The Morgan fingerprint density at radius 3 is 3.00 bits per heavy atom. The number of nitrogens with one attached hydrogen (secondary N) is 1. The Labute approximate surface area is 73.3 Å². The maximum absolute atomic E-state index is 4.16. The molecule has 0 amide bonds. The summed E-state index contributed by atoms with van der Waals surface area (Å²) in [5.74, 6) is 0. The number of aromatic nitrogens is 1. The predicted molar refractivity (Wildman–Crippen MR) is 52.3 cm³/mol. The topological polar surface area (TPSA) is 24.9 Å². The normalized spacial score (nSPS) is 9.50. The predicted octanol–water partition coefficient (Wildman–Crippen LogP) is 2.38. The quantitative estimate of drug-likeness (QED) is 0.690. The van der Waals surface area contributed by atoms with Crippen LogP contribution in [0.1, 0.15) is 12.6 Å². The number of rotatable bonds is 3. The van der Waals surface area contributed by atoms with Gasteiger partial charge in [-0.05, 0) is 26.0 Å². The van der Waals surface area contributed by atoms with Crippen LogP contribution in [0.5, 0.6) is 0 Å². The summed E-state index contributed by atoms with van der Waals surface area (Å²) in [5, 5.41) is 3.25. The Morgan fingerprint density at radius 1 is 1.67 bits per heavy atom. The van der Waals surface area contributed by atoms with Gasteiger partial charge in [0, 0.05) is 12.7 Å². The molecule has 1 heterocycles. The van der Waals surface area contributed by atoms with Gasteiger partial charge in [0.25, 0.3) is 0 Å². The molecular formula is C10H14N2. The van der Waals surface area contributed by atoms with E-state index in [0.717, 1.165) is 23.5 Å². The van der Waals surface area contributed by atoms with Crippen molar-refractivity contribution in [2.75, 3.05) is 11.9 Å². The van der Waals surface area contributed by atoms with Crippen molar-refractivity contribution in [2.45, 2.75) is 13.8 Å². The van der Waals surface area contributed by atoms with Crippen LogP contribution in [0.15, 0.2) is 30.5 Å². The summed E-state index contributed by atoms with van der Waals surface area (Å²) < 4.78 is 0. The monoisotopic (exact) mass is 162 g/mol. The van der Waals surface area contributed by atoms with E-state index in [1.807, 2.05) is 26.0 Å². The zero-order valence-corrected chi connectivity index (χ0v) is 7.59. The second kappa shape index (κ2) is 3.90. The Balaban J connectivity index is 2.63. The molecule has 0 saturated carbocycles. The molecule has 12 heavy (non-hydrogen) atoms. The van der Waals surface area contributed by atoms with Gasteiger partial charge in [-0.1, -0.05) is 12.2 Å². The van der Waals surface area contributed by atoms with Crippen molar-refractivity contribution in [2.24, 2.45) is 0 Å². The van der Waals surface area contributed by atoms with E-state index in [0.29, 0.717) is 0 Å². The molecule has 1 rings (SSSR count). The van der Waals surface area contributed by atoms with E-state index in [1.54, 1.807) is 6.20 Å². The summed E-state index contributed by atoms with van der Waals surface area (Å²) in [6.45, 7) is 8.61. The highest BCUT2D eigenvalue weighted by atomic mass is 14.9. The van der Waals surface area contributed by atoms with Crippen LogP contribution >= 0.6 is 0 Å². The van der Waals surface area contributed by atoms with Crippen LogP contribution in [0, 0.1) is 6.92 Å². The van der Waals surface area contributed by atoms with Crippen LogP contribution in [-0.4, -0.2) is 11.5 Å². The number of nitrogens with zero attached hydrogens (tertiary/aromatic N) is 1. The average molecular weight is 162 g/mol. The van der Waals surface area contributed by atoms with Crippen LogP contribution in [-0.2, 0) is 0 Å². The van der Waals surface area contributed by atoms with E-state index in [9.17, 15) is 0 Å².